The van der Waals surface area contributed by atoms with Crippen LogP contribution in [0, 0.1) is 17.8 Å². The first kappa shape index (κ1) is 25.1. The Balaban J connectivity index is 1.37. The van der Waals surface area contributed by atoms with Crippen LogP contribution in [-0.2, 0) is 11.8 Å². The second-order valence-corrected chi connectivity index (χ2v) is 17.6. The van der Waals surface area contributed by atoms with Gasteiger partial charge in [0.15, 0.2) is 0 Å². The molecule has 37 heavy (non-hydrogen) atoms. The molecule has 196 valence electrons. The molecule has 1 fully saturated rings. The van der Waals surface area contributed by atoms with E-state index in [9.17, 15) is 0 Å². The Morgan fingerprint density at radius 2 is 1.46 bits per heavy atom. The molecular formula is C35H44OS. The number of rotatable bonds is 3. The van der Waals surface area contributed by atoms with Crippen LogP contribution < -0.4 is 4.74 Å². The van der Waals surface area contributed by atoms with Gasteiger partial charge in [-0.05, 0) is 76.0 Å². The van der Waals surface area contributed by atoms with Gasteiger partial charge in [0.2, 0.25) is 0 Å². The zero-order valence-corrected chi connectivity index (χ0v) is 24.7. The lowest BCUT2D eigenvalue weighted by atomic mass is 9.86. The molecule has 7 unspecified atom stereocenters. The van der Waals surface area contributed by atoms with Gasteiger partial charge in [-0.25, -0.2) is 10.0 Å². The summed E-state index contributed by atoms with van der Waals surface area (Å²) in [5.41, 5.74) is 9.04. The van der Waals surface area contributed by atoms with E-state index >= 15 is 0 Å². The summed E-state index contributed by atoms with van der Waals surface area (Å²) < 4.78 is 6.81. The summed E-state index contributed by atoms with van der Waals surface area (Å²) in [5.74, 6) is 3.64. The number of ether oxygens (including phenoxy) is 1. The molecular weight excluding hydrogens is 468 g/mol. The van der Waals surface area contributed by atoms with Crippen molar-refractivity contribution in [3.05, 3.63) is 89.0 Å². The average Bonchev–Trinajstić information content (AvgIpc) is 3.47. The number of fused-ring (bicyclic) bond motifs is 4. The molecule has 3 aromatic rings. The zero-order valence-electron chi connectivity index (χ0n) is 23.9. The Morgan fingerprint density at radius 1 is 0.784 bits per heavy atom. The Morgan fingerprint density at radius 3 is 2.16 bits per heavy atom. The molecule has 0 aromatic heterocycles. The molecule has 3 aromatic carbocycles. The van der Waals surface area contributed by atoms with E-state index in [1.165, 1.54) is 28.7 Å². The van der Waals surface area contributed by atoms with Crippen molar-refractivity contribution >= 4 is 10.0 Å². The molecule has 7 atom stereocenters. The van der Waals surface area contributed by atoms with E-state index in [0.717, 1.165) is 5.75 Å². The number of hydrogen-bond donors (Lipinski definition) is 0. The Kier molecular flexibility index (Phi) is 5.88. The van der Waals surface area contributed by atoms with Crippen LogP contribution in [0.15, 0.2) is 66.7 Å². The maximum Gasteiger partial charge on any atom is 0.123 e. The first-order chi connectivity index (χ1) is 17.5. The summed E-state index contributed by atoms with van der Waals surface area (Å²) in [6.45, 7) is 14.4. The summed E-state index contributed by atoms with van der Waals surface area (Å²) in [4.78, 5) is 0. The molecule has 0 saturated heterocycles. The maximum atomic E-state index is 6.81. The number of para-hydroxylation sites is 1. The maximum absolute atomic E-state index is 6.81. The van der Waals surface area contributed by atoms with E-state index in [-0.39, 0.29) is 5.41 Å². The van der Waals surface area contributed by atoms with Gasteiger partial charge in [0.05, 0.1) is 0 Å². The van der Waals surface area contributed by atoms with Gasteiger partial charge in [0, 0.05) is 22.0 Å². The van der Waals surface area contributed by atoms with Crippen LogP contribution in [0.3, 0.4) is 0 Å². The van der Waals surface area contributed by atoms with Gasteiger partial charge in [0.1, 0.15) is 11.9 Å². The topological polar surface area (TPSA) is 9.23 Å². The van der Waals surface area contributed by atoms with Gasteiger partial charge in [-0.3, -0.25) is 0 Å². The Labute approximate surface area is 226 Å². The predicted molar refractivity (Wildman–Crippen MR) is 161 cm³/mol. The third-order valence-electron chi connectivity index (χ3n) is 10.1. The van der Waals surface area contributed by atoms with Gasteiger partial charge in [-0.2, -0.15) is 0 Å². The highest BCUT2D eigenvalue weighted by Gasteiger charge is 2.58. The molecule has 1 nitrogen and oxygen atoms in total. The standard InChI is InChI=1S/C35H44OS/c1-21-20-29-26(24-16-18-25(19-17-24)35(4,5)6)13-11-14-27(29)33(21)37(7,8)34-23(3)22(2)31-28-12-9-10-15-30(28)36-32(31)34/h9-19,21-23,31-34H,20H2,1-8H3. The normalized spacial score (nSPS) is 31.0. The largest absolute Gasteiger partial charge is 0.488 e. The minimum Gasteiger partial charge on any atom is -0.488 e. The fourth-order valence-electron chi connectivity index (χ4n) is 8.29. The van der Waals surface area contributed by atoms with Crippen molar-refractivity contribution < 1.29 is 4.74 Å². The monoisotopic (exact) mass is 512 g/mol. The van der Waals surface area contributed by atoms with Gasteiger partial charge in [0.25, 0.3) is 0 Å². The third-order valence-corrected chi connectivity index (χ3v) is 14.2. The van der Waals surface area contributed by atoms with Crippen molar-refractivity contribution in [3.63, 3.8) is 0 Å². The second kappa shape index (κ2) is 8.67. The quantitative estimate of drug-likeness (QED) is 0.340. The summed E-state index contributed by atoms with van der Waals surface area (Å²) in [7, 11) is -1.01. The molecule has 2 aliphatic carbocycles. The highest BCUT2D eigenvalue weighted by Crippen LogP contribution is 2.72. The van der Waals surface area contributed by atoms with Crippen molar-refractivity contribution in [2.45, 2.75) is 75.9 Å². The highest BCUT2D eigenvalue weighted by atomic mass is 32.3. The van der Waals surface area contributed by atoms with E-state index in [0.29, 0.717) is 40.3 Å². The highest BCUT2D eigenvalue weighted by molar-refractivity contribution is 8.33. The van der Waals surface area contributed by atoms with Crippen molar-refractivity contribution in [3.8, 4) is 16.9 Å². The second-order valence-electron chi connectivity index (χ2n) is 13.6. The zero-order chi connectivity index (χ0) is 26.3. The molecule has 0 radical (unpaired) electrons. The van der Waals surface area contributed by atoms with E-state index < -0.39 is 10.0 Å². The van der Waals surface area contributed by atoms with Crippen LogP contribution in [0.25, 0.3) is 11.1 Å². The Bertz CT molecular complexity index is 1310. The molecule has 1 saturated carbocycles. The van der Waals surface area contributed by atoms with E-state index in [4.69, 9.17) is 4.74 Å². The lowest BCUT2D eigenvalue weighted by molar-refractivity contribution is 0.221. The van der Waals surface area contributed by atoms with Crippen molar-refractivity contribution in [1.29, 1.82) is 0 Å². The molecule has 1 aliphatic heterocycles. The molecule has 0 bridgehead atoms. The fraction of sp³-hybridized carbons (Fsp3) is 0.486. The van der Waals surface area contributed by atoms with Crippen LogP contribution in [0.5, 0.6) is 5.75 Å². The average molecular weight is 513 g/mol. The minimum atomic E-state index is -1.01. The number of benzene rings is 3. The van der Waals surface area contributed by atoms with Crippen molar-refractivity contribution in [1.82, 2.24) is 0 Å². The van der Waals surface area contributed by atoms with Gasteiger partial charge >= 0.3 is 0 Å². The summed E-state index contributed by atoms with van der Waals surface area (Å²) in [6, 6.07) is 25.3. The lowest BCUT2D eigenvalue weighted by Gasteiger charge is -2.49. The van der Waals surface area contributed by atoms with Crippen LogP contribution in [0.2, 0.25) is 0 Å². The molecule has 1 heterocycles. The molecule has 6 rings (SSSR count). The van der Waals surface area contributed by atoms with E-state index in [2.05, 4.69) is 121 Å². The van der Waals surface area contributed by atoms with Crippen molar-refractivity contribution in [2.75, 3.05) is 12.5 Å². The third kappa shape index (κ3) is 3.81. The number of hydrogen-bond acceptors (Lipinski definition) is 1. The van der Waals surface area contributed by atoms with Crippen LogP contribution in [0.1, 0.15) is 75.0 Å². The summed E-state index contributed by atoms with van der Waals surface area (Å²) >= 11 is 0. The van der Waals surface area contributed by atoms with Gasteiger partial charge in [-0.15, -0.1) is 0 Å². The summed E-state index contributed by atoms with van der Waals surface area (Å²) in [5, 5.41) is 1.22. The first-order valence-electron chi connectivity index (χ1n) is 14.2. The van der Waals surface area contributed by atoms with Crippen LogP contribution in [0.4, 0.5) is 0 Å². The van der Waals surface area contributed by atoms with Crippen LogP contribution in [-0.4, -0.2) is 23.9 Å². The van der Waals surface area contributed by atoms with Crippen molar-refractivity contribution in [2.24, 2.45) is 17.8 Å². The molecule has 0 N–H and O–H groups in total. The van der Waals surface area contributed by atoms with Crippen LogP contribution >= 0.6 is 10.0 Å². The summed E-state index contributed by atoms with van der Waals surface area (Å²) in [6.07, 6.45) is 6.77. The van der Waals surface area contributed by atoms with Gasteiger partial charge in [-0.1, -0.05) is 102 Å². The lowest BCUT2D eigenvalue weighted by Crippen LogP contribution is -2.37. The van der Waals surface area contributed by atoms with E-state index in [1.54, 1.807) is 11.1 Å². The Hall–Kier alpha value is -2.19. The fourth-order valence-corrected chi connectivity index (χ4v) is 13.1. The first-order valence-corrected chi connectivity index (χ1v) is 16.8. The smallest absolute Gasteiger partial charge is 0.123 e. The molecule has 2 heteroatoms. The SMILES string of the molecule is CC1Cc2c(-c3ccc(C(C)(C)C)cc3)cccc2C1S(C)(C)C1C(C)C(C)C2c3ccccc3OC21. The predicted octanol–water partition coefficient (Wildman–Crippen LogP) is 9.15. The molecule has 0 spiro atoms. The minimum absolute atomic E-state index is 0.180. The molecule has 3 aliphatic rings. The van der Waals surface area contributed by atoms with Gasteiger partial charge < -0.3 is 4.74 Å². The molecule has 0 amide bonds. The van der Waals surface area contributed by atoms with E-state index in [1.807, 2.05) is 0 Å².